The molecule has 1 amide bonds. The lowest BCUT2D eigenvalue weighted by Crippen LogP contribution is -2.43. The number of nitro benzene ring substituents is 1. The number of non-ortho nitro benzene ring substituents is 1. The molecule has 0 spiro atoms. The van der Waals surface area contributed by atoms with E-state index in [1.54, 1.807) is 30.3 Å². The van der Waals surface area contributed by atoms with Gasteiger partial charge in [0.2, 0.25) is 5.91 Å². The highest BCUT2D eigenvalue weighted by atomic mass is 35.5. The number of amides is 1. The normalized spacial score (nSPS) is 18.3. The molecular formula is C23H23ClN2O5S. The fraction of sp³-hybridized carbons (Fsp3) is 0.304. The Hall–Kier alpha value is -2.84. The summed E-state index contributed by atoms with van der Waals surface area (Å²) in [6.45, 7) is 4.16. The summed E-state index contributed by atoms with van der Waals surface area (Å²) in [7, 11) is 0. The van der Waals surface area contributed by atoms with Crippen molar-refractivity contribution in [3.8, 4) is 0 Å². The van der Waals surface area contributed by atoms with Gasteiger partial charge in [-0.2, -0.15) is 0 Å². The van der Waals surface area contributed by atoms with Crippen molar-refractivity contribution in [1.29, 1.82) is 0 Å². The summed E-state index contributed by atoms with van der Waals surface area (Å²) >= 11 is 7.83. The van der Waals surface area contributed by atoms with Gasteiger partial charge in [0.05, 0.1) is 11.5 Å². The van der Waals surface area contributed by atoms with Gasteiger partial charge in [-0.3, -0.25) is 14.9 Å². The minimum absolute atomic E-state index is 0.0313. The number of ether oxygens (including phenoxy) is 1. The molecule has 1 heterocycles. The highest BCUT2D eigenvalue weighted by Crippen LogP contribution is 2.44. The first-order valence-electron chi connectivity index (χ1n) is 10.1. The fourth-order valence-corrected chi connectivity index (χ4v) is 4.94. The molecule has 0 aliphatic carbocycles. The zero-order valence-corrected chi connectivity index (χ0v) is 19.2. The first-order valence-corrected chi connectivity index (χ1v) is 11.5. The molecule has 32 heavy (non-hydrogen) atoms. The minimum Gasteiger partial charge on any atom is -0.464 e. The highest BCUT2D eigenvalue weighted by molar-refractivity contribution is 7.99. The summed E-state index contributed by atoms with van der Waals surface area (Å²) < 4.78 is 5.41. The van der Waals surface area contributed by atoms with Crippen molar-refractivity contribution in [2.75, 3.05) is 12.4 Å². The molecule has 1 fully saturated rings. The van der Waals surface area contributed by atoms with Crippen LogP contribution < -0.4 is 0 Å². The molecule has 7 nitrogen and oxygen atoms in total. The van der Waals surface area contributed by atoms with Crippen LogP contribution in [0, 0.1) is 16.0 Å². The van der Waals surface area contributed by atoms with Crippen molar-refractivity contribution in [1.82, 2.24) is 4.90 Å². The third-order valence-electron chi connectivity index (χ3n) is 4.78. The number of benzene rings is 2. The van der Waals surface area contributed by atoms with Crippen LogP contribution in [0.2, 0.25) is 5.02 Å². The van der Waals surface area contributed by atoms with Crippen molar-refractivity contribution in [2.45, 2.75) is 25.3 Å². The van der Waals surface area contributed by atoms with Gasteiger partial charge < -0.3 is 9.64 Å². The van der Waals surface area contributed by atoms with E-state index in [0.717, 1.165) is 5.56 Å². The van der Waals surface area contributed by atoms with Crippen LogP contribution in [0.1, 0.15) is 30.3 Å². The maximum absolute atomic E-state index is 13.2. The second kappa shape index (κ2) is 10.7. The van der Waals surface area contributed by atoms with Gasteiger partial charge in [-0.1, -0.05) is 43.6 Å². The molecule has 0 saturated carbocycles. The molecule has 2 atom stereocenters. The number of rotatable bonds is 7. The van der Waals surface area contributed by atoms with Crippen molar-refractivity contribution in [2.24, 2.45) is 5.92 Å². The lowest BCUT2D eigenvalue weighted by molar-refractivity contribution is -0.384. The molecule has 0 radical (unpaired) electrons. The molecule has 2 unspecified atom stereocenters. The average molecular weight is 475 g/mol. The number of esters is 1. The minimum atomic E-state index is -0.742. The number of thioether (sulfide) groups is 1. The van der Waals surface area contributed by atoms with Crippen LogP contribution in [0.5, 0.6) is 0 Å². The molecule has 2 aromatic rings. The maximum Gasteiger partial charge on any atom is 0.329 e. The Morgan fingerprint density at radius 3 is 2.56 bits per heavy atom. The van der Waals surface area contributed by atoms with E-state index >= 15 is 0 Å². The zero-order valence-electron chi connectivity index (χ0n) is 17.6. The third kappa shape index (κ3) is 5.69. The summed E-state index contributed by atoms with van der Waals surface area (Å²) in [6, 6.07) is 12.3. The summed E-state index contributed by atoms with van der Waals surface area (Å²) in [5.41, 5.74) is 1.34. The van der Waals surface area contributed by atoms with Crippen LogP contribution in [0.4, 0.5) is 5.69 Å². The smallest absolute Gasteiger partial charge is 0.329 e. The van der Waals surface area contributed by atoms with Crippen LogP contribution in [-0.2, 0) is 14.3 Å². The Kier molecular flexibility index (Phi) is 7.93. The Balaban J connectivity index is 1.86. The van der Waals surface area contributed by atoms with Crippen LogP contribution >= 0.6 is 23.4 Å². The summed E-state index contributed by atoms with van der Waals surface area (Å²) in [4.78, 5) is 37.8. The molecule has 1 aliphatic rings. The molecule has 0 N–H and O–H groups in total. The number of halogens is 1. The number of hydrogen-bond acceptors (Lipinski definition) is 6. The molecule has 1 saturated heterocycles. The van der Waals surface area contributed by atoms with E-state index in [1.807, 2.05) is 26.0 Å². The van der Waals surface area contributed by atoms with Gasteiger partial charge in [-0.15, -0.1) is 11.8 Å². The Bertz CT molecular complexity index is 1030. The standard InChI is InChI=1S/C23H23ClN2O5S/c1-15(2)13-31-23(28)20-14-32-22(18-5-3-4-6-19(18)24)25(20)21(27)12-9-16-7-10-17(11-8-16)26(29)30/h3-12,15,20,22H,13-14H2,1-2H3/b12-9+. The first kappa shape index (κ1) is 23.8. The van der Waals surface area contributed by atoms with E-state index in [1.165, 1.54) is 34.9 Å². The number of carbonyl (C=O) groups is 2. The molecule has 0 bridgehead atoms. The Morgan fingerprint density at radius 1 is 1.25 bits per heavy atom. The van der Waals surface area contributed by atoms with Crippen LogP contribution in [-0.4, -0.2) is 40.1 Å². The van der Waals surface area contributed by atoms with Gasteiger partial charge in [0.1, 0.15) is 11.4 Å². The summed E-state index contributed by atoms with van der Waals surface area (Å²) in [5.74, 6) is -0.245. The Labute approximate surface area is 195 Å². The Morgan fingerprint density at radius 2 is 1.94 bits per heavy atom. The van der Waals surface area contributed by atoms with E-state index in [9.17, 15) is 19.7 Å². The molecule has 3 rings (SSSR count). The largest absolute Gasteiger partial charge is 0.464 e. The van der Waals surface area contributed by atoms with Crippen molar-refractivity contribution >= 4 is 47.0 Å². The predicted octanol–water partition coefficient (Wildman–Crippen LogP) is 5.10. The van der Waals surface area contributed by atoms with Crippen LogP contribution in [0.25, 0.3) is 6.08 Å². The van der Waals surface area contributed by atoms with E-state index in [-0.39, 0.29) is 24.1 Å². The number of hydrogen-bond donors (Lipinski definition) is 0. The zero-order chi connectivity index (χ0) is 23.3. The van der Waals surface area contributed by atoms with Gasteiger partial charge >= 0.3 is 5.97 Å². The quantitative estimate of drug-likeness (QED) is 0.240. The van der Waals surface area contributed by atoms with E-state index in [0.29, 0.717) is 16.3 Å². The van der Waals surface area contributed by atoms with Crippen LogP contribution in [0.15, 0.2) is 54.6 Å². The molecule has 0 aromatic heterocycles. The molecule has 1 aliphatic heterocycles. The number of nitrogens with zero attached hydrogens (tertiary/aromatic N) is 2. The van der Waals surface area contributed by atoms with Gasteiger partial charge in [0, 0.05) is 34.5 Å². The van der Waals surface area contributed by atoms with Crippen molar-refractivity contribution in [3.05, 3.63) is 80.9 Å². The summed E-state index contributed by atoms with van der Waals surface area (Å²) in [6.07, 6.45) is 2.93. The predicted molar refractivity (Wildman–Crippen MR) is 125 cm³/mol. The third-order valence-corrected chi connectivity index (χ3v) is 6.43. The fourth-order valence-electron chi connectivity index (χ4n) is 3.18. The second-order valence-electron chi connectivity index (χ2n) is 7.67. The summed E-state index contributed by atoms with van der Waals surface area (Å²) in [5, 5.41) is 10.9. The van der Waals surface area contributed by atoms with E-state index in [2.05, 4.69) is 0 Å². The molecular weight excluding hydrogens is 452 g/mol. The molecule has 2 aromatic carbocycles. The SMILES string of the molecule is CC(C)COC(=O)C1CSC(c2ccccc2Cl)N1C(=O)/C=C/c1ccc([N+](=O)[O-])cc1. The van der Waals surface area contributed by atoms with Crippen molar-refractivity contribution in [3.63, 3.8) is 0 Å². The molecule has 9 heteroatoms. The monoisotopic (exact) mass is 474 g/mol. The van der Waals surface area contributed by atoms with Gasteiger partial charge in [-0.25, -0.2) is 4.79 Å². The van der Waals surface area contributed by atoms with Crippen molar-refractivity contribution < 1.29 is 19.2 Å². The average Bonchev–Trinajstić information content (AvgIpc) is 3.21. The molecule has 168 valence electrons. The number of carbonyl (C=O) groups excluding carboxylic acids is 2. The number of nitro groups is 1. The van der Waals surface area contributed by atoms with E-state index in [4.69, 9.17) is 16.3 Å². The van der Waals surface area contributed by atoms with Gasteiger partial charge in [0.15, 0.2) is 0 Å². The van der Waals surface area contributed by atoms with Gasteiger partial charge in [0.25, 0.3) is 5.69 Å². The second-order valence-corrected chi connectivity index (χ2v) is 9.19. The van der Waals surface area contributed by atoms with Gasteiger partial charge in [-0.05, 0) is 35.8 Å². The van der Waals surface area contributed by atoms with Crippen LogP contribution in [0.3, 0.4) is 0 Å². The lowest BCUT2D eigenvalue weighted by atomic mass is 10.1. The van der Waals surface area contributed by atoms with E-state index < -0.39 is 22.3 Å². The highest BCUT2D eigenvalue weighted by Gasteiger charge is 2.43. The lowest BCUT2D eigenvalue weighted by Gasteiger charge is -2.28. The maximum atomic E-state index is 13.2. The topological polar surface area (TPSA) is 89.8 Å². The first-order chi connectivity index (χ1) is 15.3.